The number of carbonyl (C=O) groups is 2. The van der Waals surface area contributed by atoms with Crippen molar-refractivity contribution in [3.8, 4) is 5.69 Å². The first-order valence-corrected chi connectivity index (χ1v) is 11.6. The zero-order valence-corrected chi connectivity index (χ0v) is 17.9. The Kier molecular flexibility index (Phi) is 6.56. The van der Waals surface area contributed by atoms with Crippen molar-refractivity contribution in [1.29, 1.82) is 0 Å². The number of piperidine rings is 2. The number of para-hydroxylation sites is 1. The van der Waals surface area contributed by atoms with E-state index in [1.807, 2.05) is 35.2 Å². The first-order chi connectivity index (χ1) is 14.6. The van der Waals surface area contributed by atoms with Crippen molar-refractivity contribution in [2.45, 2.75) is 37.3 Å². The number of anilines is 1. The molecule has 2 aliphatic heterocycles. The molecule has 8 nitrogen and oxygen atoms in total. The van der Waals surface area contributed by atoms with Gasteiger partial charge < -0.3 is 15.5 Å². The molecule has 0 radical (unpaired) electrons. The molecule has 0 bridgehead atoms. The minimum Gasteiger partial charge on any atom is -0.369 e. The molecule has 0 atom stereocenters. The van der Waals surface area contributed by atoms with Crippen molar-refractivity contribution < 1.29 is 9.59 Å². The van der Waals surface area contributed by atoms with Crippen LogP contribution in [-0.2, 0) is 9.59 Å². The molecule has 2 amide bonds. The average molecular weight is 429 g/mol. The fraction of sp³-hybridized carbons (Fsp3) is 0.524. The van der Waals surface area contributed by atoms with Crippen molar-refractivity contribution in [3.63, 3.8) is 0 Å². The van der Waals surface area contributed by atoms with Gasteiger partial charge in [0, 0.05) is 32.1 Å². The van der Waals surface area contributed by atoms with Gasteiger partial charge in [0.15, 0.2) is 5.16 Å². The van der Waals surface area contributed by atoms with Gasteiger partial charge in [0.05, 0.1) is 11.4 Å². The SMILES string of the molecule is NC(=O)C1CCN(C(=O)CSc2nnc(N3CCCCC3)n2-c2ccccc2)CC1. The number of hydrogen-bond acceptors (Lipinski definition) is 6. The van der Waals surface area contributed by atoms with Gasteiger partial charge in [0.2, 0.25) is 17.8 Å². The molecule has 2 saturated heterocycles. The van der Waals surface area contributed by atoms with Gasteiger partial charge in [-0.15, -0.1) is 10.2 Å². The minimum atomic E-state index is -0.266. The smallest absolute Gasteiger partial charge is 0.233 e. The lowest BCUT2D eigenvalue weighted by Gasteiger charge is -2.30. The summed E-state index contributed by atoms with van der Waals surface area (Å²) in [4.78, 5) is 28.2. The van der Waals surface area contributed by atoms with Crippen LogP contribution < -0.4 is 10.6 Å². The van der Waals surface area contributed by atoms with Crippen LogP contribution in [0.4, 0.5) is 5.95 Å². The Morgan fingerprint density at radius 2 is 1.70 bits per heavy atom. The van der Waals surface area contributed by atoms with Crippen LogP contribution >= 0.6 is 11.8 Å². The van der Waals surface area contributed by atoms with Gasteiger partial charge >= 0.3 is 0 Å². The number of likely N-dealkylation sites (tertiary alicyclic amines) is 1. The Morgan fingerprint density at radius 3 is 2.37 bits per heavy atom. The first kappa shape index (κ1) is 20.7. The van der Waals surface area contributed by atoms with Crippen molar-refractivity contribution in [2.24, 2.45) is 11.7 Å². The maximum absolute atomic E-state index is 12.7. The summed E-state index contributed by atoms with van der Waals surface area (Å²) in [6.45, 7) is 3.11. The second-order valence-corrected chi connectivity index (χ2v) is 8.79. The van der Waals surface area contributed by atoms with E-state index in [9.17, 15) is 9.59 Å². The van der Waals surface area contributed by atoms with Crippen LogP contribution in [0, 0.1) is 5.92 Å². The molecule has 2 N–H and O–H groups in total. The van der Waals surface area contributed by atoms with Crippen LogP contribution in [0.15, 0.2) is 35.5 Å². The van der Waals surface area contributed by atoms with Crippen LogP contribution in [0.2, 0.25) is 0 Å². The van der Waals surface area contributed by atoms with E-state index in [0.717, 1.165) is 42.7 Å². The Morgan fingerprint density at radius 1 is 1.00 bits per heavy atom. The topological polar surface area (TPSA) is 97.3 Å². The van der Waals surface area contributed by atoms with Gasteiger partial charge in [-0.3, -0.25) is 14.2 Å². The molecule has 1 aromatic carbocycles. The highest BCUT2D eigenvalue weighted by Crippen LogP contribution is 2.28. The zero-order chi connectivity index (χ0) is 20.9. The van der Waals surface area contributed by atoms with E-state index in [0.29, 0.717) is 31.7 Å². The van der Waals surface area contributed by atoms with Crippen LogP contribution in [-0.4, -0.2) is 63.4 Å². The summed E-state index contributed by atoms with van der Waals surface area (Å²) in [6.07, 6.45) is 4.85. The van der Waals surface area contributed by atoms with Crippen LogP contribution in [0.5, 0.6) is 0 Å². The normalized spacial score (nSPS) is 17.9. The summed E-state index contributed by atoms with van der Waals surface area (Å²) < 4.78 is 2.06. The van der Waals surface area contributed by atoms with Crippen molar-refractivity contribution in [2.75, 3.05) is 36.8 Å². The second kappa shape index (κ2) is 9.51. The second-order valence-electron chi connectivity index (χ2n) is 7.85. The standard InChI is InChI=1S/C21H28N6O2S/c22-19(29)16-9-13-25(14-10-16)18(28)15-30-21-24-23-20(26-11-5-2-6-12-26)27(21)17-7-3-1-4-8-17/h1,3-4,7-8,16H,2,5-6,9-15H2,(H2,22,29). The molecule has 4 rings (SSSR count). The lowest BCUT2D eigenvalue weighted by molar-refractivity contribution is -0.132. The molecule has 3 heterocycles. The fourth-order valence-corrected chi connectivity index (χ4v) is 4.94. The molecule has 0 saturated carbocycles. The number of aromatic nitrogens is 3. The molecule has 1 aromatic heterocycles. The fourth-order valence-electron chi connectivity index (χ4n) is 4.09. The summed E-state index contributed by atoms with van der Waals surface area (Å²) >= 11 is 1.42. The third kappa shape index (κ3) is 4.61. The molecular formula is C21H28N6O2S. The van der Waals surface area contributed by atoms with E-state index in [-0.39, 0.29) is 17.7 Å². The Hall–Kier alpha value is -2.55. The number of nitrogens with zero attached hydrogens (tertiary/aromatic N) is 5. The monoisotopic (exact) mass is 428 g/mol. The first-order valence-electron chi connectivity index (χ1n) is 10.6. The summed E-state index contributed by atoms with van der Waals surface area (Å²) in [5, 5.41) is 9.62. The number of carbonyl (C=O) groups excluding carboxylic acids is 2. The summed E-state index contributed by atoms with van der Waals surface area (Å²) in [5.41, 5.74) is 6.39. The molecule has 0 aliphatic carbocycles. The van der Waals surface area contributed by atoms with Crippen molar-refractivity contribution >= 4 is 29.5 Å². The highest BCUT2D eigenvalue weighted by molar-refractivity contribution is 7.99. The van der Waals surface area contributed by atoms with E-state index in [1.54, 1.807) is 0 Å². The minimum absolute atomic E-state index is 0.0602. The average Bonchev–Trinajstić information content (AvgIpc) is 3.22. The van der Waals surface area contributed by atoms with E-state index >= 15 is 0 Å². The number of nitrogens with two attached hydrogens (primary N) is 1. The Labute approximate surface area is 180 Å². The van der Waals surface area contributed by atoms with E-state index in [2.05, 4.69) is 19.7 Å². The quantitative estimate of drug-likeness (QED) is 0.708. The molecule has 2 aliphatic rings. The summed E-state index contributed by atoms with van der Waals surface area (Å²) in [6, 6.07) is 10.1. The predicted octanol–water partition coefficient (Wildman–Crippen LogP) is 2.07. The van der Waals surface area contributed by atoms with Gasteiger partial charge in [-0.25, -0.2) is 0 Å². The summed E-state index contributed by atoms with van der Waals surface area (Å²) in [7, 11) is 0. The Balaban J connectivity index is 1.47. The third-order valence-corrected chi connectivity index (χ3v) is 6.76. The molecule has 9 heteroatoms. The van der Waals surface area contributed by atoms with Gasteiger partial charge in [0.25, 0.3) is 0 Å². The predicted molar refractivity (Wildman–Crippen MR) is 117 cm³/mol. The van der Waals surface area contributed by atoms with Crippen LogP contribution in [0.3, 0.4) is 0 Å². The zero-order valence-electron chi connectivity index (χ0n) is 17.1. The van der Waals surface area contributed by atoms with E-state index in [1.165, 1.54) is 18.2 Å². The van der Waals surface area contributed by atoms with Gasteiger partial charge in [0.1, 0.15) is 0 Å². The maximum Gasteiger partial charge on any atom is 0.233 e. The molecule has 0 unspecified atom stereocenters. The number of hydrogen-bond donors (Lipinski definition) is 1. The highest BCUT2D eigenvalue weighted by Gasteiger charge is 2.27. The Bertz CT molecular complexity index is 873. The molecule has 0 spiro atoms. The highest BCUT2D eigenvalue weighted by atomic mass is 32.2. The van der Waals surface area contributed by atoms with Crippen molar-refractivity contribution in [1.82, 2.24) is 19.7 Å². The lowest BCUT2D eigenvalue weighted by Crippen LogP contribution is -2.42. The van der Waals surface area contributed by atoms with Gasteiger partial charge in [-0.05, 0) is 44.2 Å². The molecule has 160 valence electrons. The van der Waals surface area contributed by atoms with Gasteiger partial charge in [-0.1, -0.05) is 30.0 Å². The molecular weight excluding hydrogens is 400 g/mol. The molecule has 2 fully saturated rings. The van der Waals surface area contributed by atoms with Crippen molar-refractivity contribution in [3.05, 3.63) is 30.3 Å². The maximum atomic E-state index is 12.7. The number of primary amides is 1. The van der Waals surface area contributed by atoms with E-state index < -0.39 is 0 Å². The van der Waals surface area contributed by atoms with Crippen LogP contribution in [0.1, 0.15) is 32.1 Å². The number of rotatable bonds is 6. The third-order valence-electron chi connectivity index (χ3n) is 5.84. The molecule has 2 aromatic rings. The van der Waals surface area contributed by atoms with E-state index in [4.69, 9.17) is 5.73 Å². The van der Waals surface area contributed by atoms with Gasteiger partial charge in [-0.2, -0.15) is 0 Å². The summed E-state index contributed by atoms with van der Waals surface area (Å²) in [5.74, 6) is 0.822. The van der Waals surface area contributed by atoms with Crippen LogP contribution in [0.25, 0.3) is 5.69 Å². The largest absolute Gasteiger partial charge is 0.369 e. The lowest BCUT2D eigenvalue weighted by atomic mass is 9.96. The number of benzene rings is 1. The number of thioether (sulfide) groups is 1. The molecule has 30 heavy (non-hydrogen) atoms. The number of amides is 2.